The third-order valence-corrected chi connectivity index (χ3v) is 4.22. The molecular weight excluding hydrogens is 302 g/mol. The highest BCUT2D eigenvalue weighted by molar-refractivity contribution is 7.89. The molecule has 0 bridgehead atoms. The molecule has 0 saturated carbocycles. The second-order valence-corrected chi connectivity index (χ2v) is 6.10. The summed E-state index contributed by atoms with van der Waals surface area (Å²) in [5, 5.41) is 0.257. The maximum absolute atomic E-state index is 12.1. The van der Waals surface area contributed by atoms with Crippen LogP contribution >= 0.6 is 11.6 Å². The number of rotatable bonds is 6. The van der Waals surface area contributed by atoms with Crippen LogP contribution in [0.3, 0.4) is 0 Å². The van der Waals surface area contributed by atoms with Gasteiger partial charge in [0.2, 0.25) is 10.0 Å². The Bertz CT molecular complexity index is 668. The Labute approximate surface area is 122 Å². The van der Waals surface area contributed by atoms with Gasteiger partial charge < -0.3 is 9.15 Å². The van der Waals surface area contributed by atoms with Gasteiger partial charge in [-0.2, -0.15) is 0 Å². The maximum atomic E-state index is 12.1. The smallest absolute Gasteiger partial charge is 0.241 e. The number of hydrogen-bond acceptors (Lipinski definition) is 4. The van der Waals surface area contributed by atoms with Crippen LogP contribution in [0, 0.1) is 0 Å². The standard InChI is InChI=1S/C13H14ClNO4S/c1-2-18-13-6-5-11(8-12(13)14)20(16,17)15-9-10-4-3-7-19-10/h3-8,15H,2,9H2,1H3. The first kappa shape index (κ1) is 14.9. The lowest BCUT2D eigenvalue weighted by Crippen LogP contribution is -2.23. The summed E-state index contributed by atoms with van der Waals surface area (Å²) in [4.78, 5) is 0.0810. The van der Waals surface area contributed by atoms with Crippen molar-refractivity contribution in [1.29, 1.82) is 0 Å². The molecule has 0 spiro atoms. The van der Waals surface area contributed by atoms with E-state index in [1.165, 1.54) is 24.5 Å². The number of furan rings is 1. The Morgan fingerprint density at radius 2 is 2.15 bits per heavy atom. The first-order valence-corrected chi connectivity index (χ1v) is 7.83. The van der Waals surface area contributed by atoms with Crippen LogP contribution in [0.5, 0.6) is 5.75 Å². The Hall–Kier alpha value is -1.50. The summed E-state index contributed by atoms with van der Waals surface area (Å²) in [6.07, 6.45) is 1.48. The van der Waals surface area contributed by atoms with Gasteiger partial charge in [-0.15, -0.1) is 0 Å². The molecule has 1 N–H and O–H groups in total. The molecule has 0 aliphatic heterocycles. The first-order chi connectivity index (χ1) is 9.53. The number of benzene rings is 1. The zero-order valence-corrected chi connectivity index (χ0v) is 12.4. The quantitative estimate of drug-likeness (QED) is 0.890. The van der Waals surface area contributed by atoms with E-state index in [4.69, 9.17) is 20.8 Å². The first-order valence-electron chi connectivity index (χ1n) is 5.97. The fourth-order valence-corrected chi connectivity index (χ4v) is 2.90. The second kappa shape index (κ2) is 6.30. The van der Waals surface area contributed by atoms with Crippen molar-refractivity contribution < 1.29 is 17.6 Å². The highest BCUT2D eigenvalue weighted by atomic mass is 35.5. The number of sulfonamides is 1. The van der Waals surface area contributed by atoms with Gasteiger partial charge in [0.05, 0.1) is 29.3 Å². The lowest BCUT2D eigenvalue weighted by molar-refractivity contribution is 0.340. The van der Waals surface area contributed by atoms with Gasteiger partial charge in [0, 0.05) is 0 Å². The number of hydrogen-bond donors (Lipinski definition) is 1. The van der Waals surface area contributed by atoms with Gasteiger partial charge in [0.25, 0.3) is 0 Å². The average molecular weight is 316 g/mol. The molecule has 5 nitrogen and oxygen atoms in total. The average Bonchev–Trinajstić information content (AvgIpc) is 2.92. The van der Waals surface area contributed by atoms with Gasteiger partial charge in [0.15, 0.2) is 0 Å². The van der Waals surface area contributed by atoms with Gasteiger partial charge in [-0.05, 0) is 37.3 Å². The van der Waals surface area contributed by atoms with Gasteiger partial charge in [-0.3, -0.25) is 0 Å². The van der Waals surface area contributed by atoms with Gasteiger partial charge in [0.1, 0.15) is 11.5 Å². The zero-order valence-electron chi connectivity index (χ0n) is 10.8. The molecule has 0 unspecified atom stereocenters. The van der Waals surface area contributed by atoms with E-state index in [0.717, 1.165) is 0 Å². The number of ether oxygens (including phenoxy) is 1. The van der Waals surface area contributed by atoms with E-state index in [9.17, 15) is 8.42 Å². The zero-order chi connectivity index (χ0) is 14.6. The summed E-state index contributed by atoms with van der Waals surface area (Å²) in [6, 6.07) is 7.72. The van der Waals surface area contributed by atoms with Crippen LogP contribution in [0.2, 0.25) is 5.02 Å². The molecule has 1 aromatic heterocycles. The molecule has 20 heavy (non-hydrogen) atoms. The van der Waals surface area contributed by atoms with Crippen molar-refractivity contribution in [3.63, 3.8) is 0 Å². The van der Waals surface area contributed by atoms with Crippen molar-refractivity contribution in [3.8, 4) is 5.75 Å². The third kappa shape index (κ3) is 3.53. The molecule has 2 rings (SSSR count). The highest BCUT2D eigenvalue weighted by Gasteiger charge is 2.16. The third-order valence-electron chi connectivity index (χ3n) is 2.53. The van der Waals surface area contributed by atoms with E-state index in [0.29, 0.717) is 18.1 Å². The van der Waals surface area contributed by atoms with E-state index in [1.807, 2.05) is 6.92 Å². The molecular formula is C13H14ClNO4S. The molecule has 0 aliphatic rings. The van der Waals surface area contributed by atoms with E-state index in [2.05, 4.69) is 4.72 Å². The van der Waals surface area contributed by atoms with Crippen molar-refractivity contribution in [2.24, 2.45) is 0 Å². The second-order valence-electron chi connectivity index (χ2n) is 3.93. The summed E-state index contributed by atoms with van der Waals surface area (Å²) >= 11 is 5.98. The fraction of sp³-hybridized carbons (Fsp3) is 0.231. The molecule has 7 heteroatoms. The van der Waals surface area contributed by atoms with Crippen molar-refractivity contribution >= 4 is 21.6 Å². The largest absolute Gasteiger partial charge is 0.492 e. The lowest BCUT2D eigenvalue weighted by atomic mass is 10.3. The van der Waals surface area contributed by atoms with Crippen LogP contribution in [-0.2, 0) is 16.6 Å². The minimum atomic E-state index is -3.64. The molecule has 2 aromatic rings. The van der Waals surface area contributed by atoms with Crippen molar-refractivity contribution in [2.75, 3.05) is 6.61 Å². The van der Waals surface area contributed by atoms with Gasteiger partial charge in [-0.25, -0.2) is 13.1 Å². The molecule has 108 valence electrons. The van der Waals surface area contributed by atoms with Crippen LogP contribution in [0.1, 0.15) is 12.7 Å². The molecule has 1 heterocycles. The summed E-state index contributed by atoms with van der Waals surface area (Å²) in [5.41, 5.74) is 0. The van der Waals surface area contributed by atoms with Crippen LogP contribution in [0.15, 0.2) is 45.9 Å². The Kier molecular flexibility index (Phi) is 4.69. The Morgan fingerprint density at radius 1 is 1.35 bits per heavy atom. The molecule has 0 saturated heterocycles. The molecule has 1 aromatic carbocycles. The maximum Gasteiger partial charge on any atom is 0.241 e. The van der Waals surface area contributed by atoms with Crippen LogP contribution in [-0.4, -0.2) is 15.0 Å². The molecule has 0 atom stereocenters. The van der Waals surface area contributed by atoms with E-state index in [-0.39, 0.29) is 16.5 Å². The van der Waals surface area contributed by atoms with Crippen molar-refractivity contribution in [1.82, 2.24) is 4.72 Å². The molecule has 0 fully saturated rings. The summed E-state index contributed by atoms with van der Waals surface area (Å²) in [7, 11) is -3.64. The normalized spacial score (nSPS) is 11.5. The summed E-state index contributed by atoms with van der Waals surface area (Å²) in [6.45, 7) is 2.37. The summed E-state index contributed by atoms with van der Waals surface area (Å²) in [5.74, 6) is 0.991. The van der Waals surface area contributed by atoms with Crippen LogP contribution in [0.25, 0.3) is 0 Å². The molecule has 0 aliphatic carbocycles. The molecule has 0 amide bonds. The van der Waals surface area contributed by atoms with Crippen molar-refractivity contribution in [3.05, 3.63) is 47.4 Å². The number of nitrogens with one attached hydrogen (secondary N) is 1. The highest BCUT2D eigenvalue weighted by Crippen LogP contribution is 2.27. The number of halogens is 1. The fourth-order valence-electron chi connectivity index (χ4n) is 1.58. The Balaban J connectivity index is 2.14. The summed E-state index contributed by atoms with van der Waals surface area (Å²) < 4.78 is 37.0. The van der Waals surface area contributed by atoms with Crippen molar-refractivity contribution in [2.45, 2.75) is 18.4 Å². The van der Waals surface area contributed by atoms with Gasteiger partial charge >= 0.3 is 0 Å². The van der Waals surface area contributed by atoms with E-state index >= 15 is 0 Å². The van der Waals surface area contributed by atoms with Gasteiger partial charge in [-0.1, -0.05) is 11.6 Å². The minimum Gasteiger partial charge on any atom is -0.492 e. The van der Waals surface area contributed by atoms with E-state index < -0.39 is 10.0 Å². The minimum absolute atomic E-state index is 0.0810. The SMILES string of the molecule is CCOc1ccc(S(=O)(=O)NCc2ccco2)cc1Cl. The monoisotopic (exact) mass is 315 g/mol. The molecule has 0 radical (unpaired) electrons. The van der Waals surface area contributed by atoms with E-state index in [1.54, 1.807) is 12.1 Å². The lowest BCUT2D eigenvalue weighted by Gasteiger charge is -2.09. The topological polar surface area (TPSA) is 68.5 Å². The predicted molar refractivity (Wildman–Crippen MR) is 75.4 cm³/mol. The van der Waals surface area contributed by atoms with Crippen LogP contribution < -0.4 is 9.46 Å². The predicted octanol–water partition coefficient (Wildman–Crippen LogP) is 2.81. The Morgan fingerprint density at radius 3 is 2.75 bits per heavy atom. The van der Waals surface area contributed by atoms with Crippen LogP contribution in [0.4, 0.5) is 0 Å².